The van der Waals surface area contributed by atoms with E-state index in [1.807, 2.05) is 0 Å². The maximum atomic E-state index is 2.35. The Balaban J connectivity index is 2.14. The zero-order valence-electron chi connectivity index (χ0n) is 12.1. The molecular formula is C20H20. The van der Waals surface area contributed by atoms with Crippen LogP contribution in [0.3, 0.4) is 0 Å². The molecule has 0 spiro atoms. The van der Waals surface area contributed by atoms with Crippen molar-refractivity contribution in [2.45, 2.75) is 25.7 Å². The smallest absolute Gasteiger partial charge is 0.0215 e. The highest BCUT2D eigenvalue weighted by Crippen LogP contribution is 2.44. The fourth-order valence-corrected chi connectivity index (χ4v) is 3.02. The standard InChI is InChI=1S/C20H20/c1-16-13-14-20(2,18-11-7-4-8-12-18)19(15-16)17-9-5-3-6-10-17/h3-13,15H,14H2,1-2H3. The SMILES string of the molecule is CC1=CCC(C)(c2ccccc2)C(c2ccccc2)=C1. The number of hydrogen-bond donors (Lipinski definition) is 0. The Labute approximate surface area is 121 Å². The first-order valence-corrected chi connectivity index (χ1v) is 7.20. The molecule has 0 heteroatoms. The van der Waals surface area contributed by atoms with Crippen molar-refractivity contribution in [3.05, 3.63) is 89.5 Å². The predicted molar refractivity (Wildman–Crippen MR) is 86.6 cm³/mol. The minimum atomic E-state index is 0.0577. The van der Waals surface area contributed by atoms with Gasteiger partial charge in [-0.1, -0.05) is 85.3 Å². The minimum Gasteiger partial charge on any atom is -0.0804 e. The van der Waals surface area contributed by atoms with E-state index >= 15 is 0 Å². The van der Waals surface area contributed by atoms with Crippen LogP contribution in [-0.4, -0.2) is 0 Å². The first-order valence-electron chi connectivity index (χ1n) is 7.20. The molecule has 0 saturated carbocycles. The molecule has 20 heavy (non-hydrogen) atoms. The van der Waals surface area contributed by atoms with Crippen LogP contribution in [0.4, 0.5) is 0 Å². The molecule has 100 valence electrons. The average Bonchev–Trinajstić information content (AvgIpc) is 2.51. The summed E-state index contributed by atoms with van der Waals surface area (Å²) in [7, 11) is 0. The van der Waals surface area contributed by atoms with Crippen molar-refractivity contribution in [2.24, 2.45) is 0 Å². The van der Waals surface area contributed by atoms with Gasteiger partial charge in [0.2, 0.25) is 0 Å². The lowest BCUT2D eigenvalue weighted by atomic mass is 9.68. The topological polar surface area (TPSA) is 0 Å². The summed E-state index contributed by atoms with van der Waals surface area (Å²) < 4.78 is 0. The Kier molecular flexibility index (Phi) is 3.31. The minimum absolute atomic E-state index is 0.0577. The third-order valence-electron chi connectivity index (χ3n) is 4.29. The van der Waals surface area contributed by atoms with E-state index in [-0.39, 0.29) is 5.41 Å². The van der Waals surface area contributed by atoms with E-state index in [4.69, 9.17) is 0 Å². The number of rotatable bonds is 2. The fourth-order valence-electron chi connectivity index (χ4n) is 3.02. The summed E-state index contributed by atoms with van der Waals surface area (Å²) in [6.07, 6.45) is 5.74. The molecule has 0 nitrogen and oxygen atoms in total. The summed E-state index contributed by atoms with van der Waals surface area (Å²) >= 11 is 0. The van der Waals surface area contributed by atoms with Crippen LogP contribution in [0.15, 0.2) is 78.4 Å². The largest absolute Gasteiger partial charge is 0.0804 e. The van der Waals surface area contributed by atoms with Crippen molar-refractivity contribution in [1.82, 2.24) is 0 Å². The second-order valence-corrected chi connectivity index (χ2v) is 5.77. The monoisotopic (exact) mass is 260 g/mol. The summed E-state index contributed by atoms with van der Waals surface area (Å²) in [5.74, 6) is 0. The van der Waals surface area contributed by atoms with Crippen LogP contribution in [0.2, 0.25) is 0 Å². The highest BCUT2D eigenvalue weighted by Gasteiger charge is 2.32. The van der Waals surface area contributed by atoms with E-state index in [2.05, 4.69) is 86.7 Å². The molecule has 1 atom stereocenters. The van der Waals surface area contributed by atoms with E-state index in [9.17, 15) is 0 Å². The summed E-state index contributed by atoms with van der Waals surface area (Å²) in [6.45, 7) is 4.54. The summed E-state index contributed by atoms with van der Waals surface area (Å²) in [4.78, 5) is 0. The average molecular weight is 260 g/mol. The second kappa shape index (κ2) is 5.13. The quantitative estimate of drug-likeness (QED) is 0.680. The first kappa shape index (κ1) is 12.9. The third-order valence-corrected chi connectivity index (χ3v) is 4.29. The molecule has 0 N–H and O–H groups in total. The van der Waals surface area contributed by atoms with Crippen LogP contribution in [0.25, 0.3) is 5.57 Å². The van der Waals surface area contributed by atoms with Crippen molar-refractivity contribution in [3.8, 4) is 0 Å². The van der Waals surface area contributed by atoms with Gasteiger partial charge < -0.3 is 0 Å². The summed E-state index contributed by atoms with van der Waals surface area (Å²) in [5, 5.41) is 0. The Morgan fingerprint density at radius 3 is 2.10 bits per heavy atom. The van der Waals surface area contributed by atoms with Gasteiger partial charge in [0.1, 0.15) is 0 Å². The van der Waals surface area contributed by atoms with Gasteiger partial charge >= 0.3 is 0 Å². The molecule has 0 aromatic heterocycles. The fraction of sp³-hybridized carbons (Fsp3) is 0.200. The molecule has 2 aromatic carbocycles. The van der Waals surface area contributed by atoms with Gasteiger partial charge in [-0.2, -0.15) is 0 Å². The molecule has 0 radical (unpaired) electrons. The van der Waals surface area contributed by atoms with Gasteiger partial charge in [-0.3, -0.25) is 0 Å². The van der Waals surface area contributed by atoms with Gasteiger partial charge in [0.05, 0.1) is 0 Å². The van der Waals surface area contributed by atoms with Gasteiger partial charge in [0.25, 0.3) is 0 Å². The van der Waals surface area contributed by atoms with Crippen molar-refractivity contribution >= 4 is 5.57 Å². The molecule has 1 aliphatic carbocycles. The Morgan fingerprint density at radius 2 is 1.45 bits per heavy atom. The Morgan fingerprint density at radius 1 is 0.850 bits per heavy atom. The van der Waals surface area contributed by atoms with Crippen molar-refractivity contribution in [1.29, 1.82) is 0 Å². The van der Waals surface area contributed by atoms with Crippen LogP contribution < -0.4 is 0 Å². The van der Waals surface area contributed by atoms with Gasteiger partial charge in [-0.05, 0) is 30.0 Å². The van der Waals surface area contributed by atoms with Crippen molar-refractivity contribution in [2.75, 3.05) is 0 Å². The van der Waals surface area contributed by atoms with Gasteiger partial charge in [-0.25, -0.2) is 0 Å². The number of hydrogen-bond acceptors (Lipinski definition) is 0. The second-order valence-electron chi connectivity index (χ2n) is 5.77. The van der Waals surface area contributed by atoms with Crippen LogP contribution in [0.1, 0.15) is 31.4 Å². The van der Waals surface area contributed by atoms with Crippen molar-refractivity contribution in [3.63, 3.8) is 0 Å². The Bertz CT molecular complexity index is 647. The van der Waals surface area contributed by atoms with Gasteiger partial charge in [0.15, 0.2) is 0 Å². The van der Waals surface area contributed by atoms with E-state index in [0.29, 0.717) is 0 Å². The summed E-state index contributed by atoms with van der Waals surface area (Å²) in [5.41, 5.74) is 5.55. The third kappa shape index (κ3) is 2.22. The van der Waals surface area contributed by atoms with E-state index in [0.717, 1.165) is 6.42 Å². The molecule has 0 fully saturated rings. The zero-order chi connectivity index (χ0) is 14.0. The highest BCUT2D eigenvalue weighted by atomic mass is 14.4. The molecule has 2 aromatic rings. The van der Waals surface area contributed by atoms with Gasteiger partial charge in [-0.15, -0.1) is 0 Å². The first-order chi connectivity index (χ1) is 9.70. The molecule has 3 rings (SSSR count). The van der Waals surface area contributed by atoms with Crippen LogP contribution in [0, 0.1) is 0 Å². The zero-order valence-corrected chi connectivity index (χ0v) is 12.1. The van der Waals surface area contributed by atoms with Gasteiger partial charge in [0, 0.05) is 5.41 Å². The van der Waals surface area contributed by atoms with Crippen LogP contribution >= 0.6 is 0 Å². The molecular weight excluding hydrogens is 240 g/mol. The lowest BCUT2D eigenvalue weighted by molar-refractivity contribution is 0.617. The van der Waals surface area contributed by atoms with E-state index in [1.165, 1.54) is 22.3 Å². The lowest BCUT2D eigenvalue weighted by Gasteiger charge is -2.35. The molecule has 1 aliphatic rings. The maximum Gasteiger partial charge on any atom is 0.0215 e. The molecule has 0 amide bonds. The lowest BCUT2D eigenvalue weighted by Crippen LogP contribution is -2.25. The van der Waals surface area contributed by atoms with E-state index < -0.39 is 0 Å². The molecule has 0 aliphatic heterocycles. The normalized spacial score (nSPS) is 22.1. The Hall–Kier alpha value is -2.08. The molecule has 0 saturated heterocycles. The van der Waals surface area contributed by atoms with Crippen LogP contribution in [-0.2, 0) is 5.41 Å². The molecule has 0 heterocycles. The predicted octanol–water partition coefficient (Wildman–Crippen LogP) is 5.38. The van der Waals surface area contributed by atoms with E-state index in [1.54, 1.807) is 0 Å². The van der Waals surface area contributed by atoms with Crippen LogP contribution in [0.5, 0.6) is 0 Å². The summed E-state index contributed by atoms with van der Waals surface area (Å²) in [6, 6.07) is 21.6. The number of benzene rings is 2. The number of allylic oxidation sites excluding steroid dienone is 4. The highest BCUT2D eigenvalue weighted by molar-refractivity contribution is 5.78. The molecule has 1 unspecified atom stereocenters. The molecule has 0 bridgehead atoms. The van der Waals surface area contributed by atoms with Crippen molar-refractivity contribution < 1.29 is 0 Å². The maximum absolute atomic E-state index is 2.35.